The summed E-state index contributed by atoms with van der Waals surface area (Å²) in [6.07, 6.45) is 3.25. The maximum absolute atomic E-state index is 13.2. The summed E-state index contributed by atoms with van der Waals surface area (Å²) in [5.74, 6) is -0.0140. The van der Waals surface area contributed by atoms with E-state index in [-0.39, 0.29) is 17.0 Å². The predicted molar refractivity (Wildman–Crippen MR) is 77.6 cm³/mol. The molecule has 0 aromatic heterocycles. The van der Waals surface area contributed by atoms with Gasteiger partial charge in [-0.05, 0) is 53.0 Å². The molecule has 0 amide bonds. The van der Waals surface area contributed by atoms with E-state index in [2.05, 4.69) is 28.2 Å². The average Bonchev–Trinajstić information content (AvgIpc) is 2.84. The molecule has 1 aliphatic rings. The second-order valence-electron chi connectivity index (χ2n) is 5.31. The summed E-state index contributed by atoms with van der Waals surface area (Å²) in [7, 11) is 0. The van der Waals surface area contributed by atoms with E-state index in [0.29, 0.717) is 10.9 Å². The molecule has 1 atom stereocenters. The van der Waals surface area contributed by atoms with E-state index < -0.39 is 0 Å². The number of benzene rings is 1. The maximum atomic E-state index is 13.2. The van der Waals surface area contributed by atoms with Gasteiger partial charge >= 0.3 is 0 Å². The normalized spacial score (nSPS) is 22.7. The van der Waals surface area contributed by atoms with Gasteiger partial charge in [0.15, 0.2) is 0 Å². The lowest BCUT2D eigenvalue weighted by Gasteiger charge is -2.26. The number of carbonyl (C=O) groups is 1. The van der Waals surface area contributed by atoms with Gasteiger partial charge in [-0.3, -0.25) is 4.79 Å². The van der Waals surface area contributed by atoms with Gasteiger partial charge in [0.2, 0.25) is 0 Å². The second kappa shape index (κ2) is 6.14. The minimum absolute atomic E-state index is 0.213. The Bertz CT molecular complexity index is 469. The molecule has 1 aromatic rings. The smallest absolute Gasteiger partial charge is 0.144 e. The molecular formula is C15H19BrFNO. The van der Waals surface area contributed by atoms with Crippen molar-refractivity contribution in [3.05, 3.63) is 34.1 Å². The van der Waals surface area contributed by atoms with Gasteiger partial charge < -0.3 is 5.32 Å². The van der Waals surface area contributed by atoms with Gasteiger partial charge in [0.05, 0.1) is 4.47 Å². The van der Waals surface area contributed by atoms with Crippen molar-refractivity contribution < 1.29 is 9.18 Å². The number of Topliss-reactive ketones (excluding diaryl/α,β-unsaturated/α-hetero) is 1. The van der Waals surface area contributed by atoms with E-state index in [4.69, 9.17) is 0 Å². The third kappa shape index (κ3) is 3.23. The summed E-state index contributed by atoms with van der Waals surface area (Å²) in [4.78, 5) is 12.6. The van der Waals surface area contributed by atoms with E-state index >= 15 is 0 Å². The SMILES string of the molecule is CCCC1(C(=O)Cc2ccc(F)c(Br)c2)CCNC1. The summed E-state index contributed by atoms with van der Waals surface area (Å²) in [6.45, 7) is 3.81. The van der Waals surface area contributed by atoms with Crippen molar-refractivity contribution in [1.29, 1.82) is 0 Å². The van der Waals surface area contributed by atoms with Crippen LogP contribution in [0.2, 0.25) is 0 Å². The largest absolute Gasteiger partial charge is 0.316 e. The third-order valence-electron chi connectivity index (χ3n) is 3.91. The molecule has 0 aliphatic carbocycles. The van der Waals surface area contributed by atoms with Gasteiger partial charge in [-0.25, -0.2) is 4.39 Å². The van der Waals surface area contributed by atoms with Crippen molar-refractivity contribution in [2.75, 3.05) is 13.1 Å². The van der Waals surface area contributed by atoms with Crippen LogP contribution < -0.4 is 5.32 Å². The van der Waals surface area contributed by atoms with Crippen molar-refractivity contribution in [3.8, 4) is 0 Å². The quantitative estimate of drug-likeness (QED) is 0.897. The maximum Gasteiger partial charge on any atom is 0.144 e. The van der Waals surface area contributed by atoms with Crippen LogP contribution in [0.15, 0.2) is 22.7 Å². The summed E-state index contributed by atoms with van der Waals surface area (Å²) >= 11 is 3.17. The fourth-order valence-corrected chi connectivity index (χ4v) is 3.26. The molecule has 2 rings (SSSR count). The van der Waals surface area contributed by atoms with Crippen molar-refractivity contribution >= 4 is 21.7 Å². The highest BCUT2D eigenvalue weighted by atomic mass is 79.9. The number of carbonyl (C=O) groups excluding carboxylic acids is 1. The molecule has 4 heteroatoms. The highest BCUT2D eigenvalue weighted by molar-refractivity contribution is 9.10. The van der Waals surface area contributed by atoms with Crippen LogP contribution in [0, 0.1) is 11.2 Å². The molecule has 0 spiro atoms. The van der Waals surface area contributed by atoms with Crippen LogP contribution in [0.3, 0.4) is 0 Å². The van der Waals surface area contributed by atoms with Gasteiger partial charge in [-0.15, -0.1) is 0 Å². The zero-order valence-corrected chi connectivity index (χ0v) is 12.7. The first-order chi connectivity index (χ1) is 9.07. The molecule has 0 radical (unpaired) electrons. The van der Waals surface area contributed by atoms with E-state index in [0.717, 1.165) is 37.9 Å². The average molecular weight is 328 g/mol. The lowest BCUT2D eigenvalue weighted by Crippen LogP contribution is -2.34. The number of rotatable bonds is 5. The number of halogens is 2. The molecule has 1 unspecified atom stereocenters. The van der Waals surface area contributed by atoms with Gasteiger partial charge in [0.1, 0.15) is 11.6 Å². The predicted octanol–water partition coefficient (Wildman–Crippen LogP) is 3.48. The van der Waals surface area contributed by atoms with E-state index in [9.17, 15) is 9.18 Å². The Labute approximate surface area is 121 Å². The standard InChI is InChI=1S/C15H19BrFNO/c1-2-5-15(6-7-18-10-15)14(19)9-11-3-4-13(17)12(16)8-11/h3-4,8,18H,2,5-7,9-10H2,1H3. The summed E-state index contributed by atoms with van der Waals surface area (Å²) < 4.78 is 13.6. The first-order valence-corrected chi connectivity index (χ1v) is 7.55. The Morgan fingerprint density at radius 2 is 2.32 bits per heavy atom. The van der Waals surface area contributed by atoms with Gasteiger partial charge in [-0.1, -0.05) is 19.4 Å². The van der Waals surface area contributed by atoms with Gasteiger partial charge in [0, 0.05) is 18.4 Å². The minimum Gasteiger partial charge on any atom is -0.316 e. The molecule has 19 heavy (non-hydrogen) atoms. The first kappa shape index (κ1) is 14.7. The first-order valence-electron chi connectivity index (χ1n) is 6.75. The number of nitrogens with one attached hydrogen (secondary N) is 1. The van der Waals surface area contributed by atoms with Crippen LogP contribution >= 0.6 is 15.9 Å². The summed E-state index contributed by atoms with van der Waals surface area (Å²) in [5.41, 5.74) is 0.663. The lowest BCUT2D eigenvalue weighted by atomic mass is 9.76. The van der Waals surface area contributed by atoms with Crippen molar-refractivity contribution in [2.24, 2.45) is 5.41 Å². The Kier molecular flexibility index (Phi) is 4.74. The number of hydrogen-bond donors (Lipinski definition) is 1. The molecule has 0 bridgehead atoms. The number of hydrogen-bond acceptors (Lipinski definition) is 2. The zero-order chi connectivity index (χ0) is 13.9. The highest BCUT2D eigenvalue weighted by Crippen LogP contribution is 2.33. The Hall–Kier alpha value is -0.740. The number of ketones is 1. The highest BCUT2D eigenvalue weighted by Gasteiger charge is 2.39. The molecule has 2 nitrogen and oxygen atoms in total. The van der Waals surface area contributed by atoms with Crippen LogP contribution in [0.4, 0.5) is 4.39 Å². The molecule has 104 valence electrons. The van der Waals surface area contributed by atoms with Gasteiger partial charge in [0.25, 0.3) is 0 Å². The van der Waals surface area contributed by atoms with Crippen molar-refractivity contribution in [1.82, 2.24) is 5.32 Å². The summed E-state index contributed by atoms with van der Waals surface area (Å²) in [6, 6.07) is 4.81. The molecule has 1 N–H and O–H groups in total. The molecule has 0 saturated carbocycles. The van der Waals surface area contributed by atoms with Crippen molar-refractivity contribution in [3.63, 3.8) is 0 Å². The van der Waals surface area contributed by atoms with Crippen LogP contribution in [-0.4, -0.2) is 18.9 Å². The zero-order valence-electron chi connectivity index (χ0n) is 11.1. The fraction of sp³-hybridized carbons (Fsp3) is 0.533. The Morgan fingerprint density at radius 3 is 2.89 bits per heavy atom. The Morgan fingerprint density at radius 1 is 1.53 bits per heavy atom. The van der Waals surface area contributed by atoms with Crippen molar-refractivity contribution in [2.45, 2.75) is 32.6 Å². The van der Waals surface area contributed by atoms with E-state index in [1.807, 2.05) is 0 Å². The minimum atomic E-state index is -0.290. The molecular weight excluding hydrogens is 309 g/mol. The van der Waals surface area contributed by atoms with E-state index in [1.165, 1.54) is 6.07 Å². The molecule has 1 aromatic carbocycles. The van der Waals surface area contributed by atoms with Crippen LogP contribution in [-0.2, 0) is 11.2 Å². The summed E-state index contributed by atoms with van der Waals surface area (Å²) in [5, 5.41) is 3.30. The topological polar surface area (TPSA) is 29.1 Å². The fourth-order valence-electron chi connectivity index (χ4n) is 2.84. The monoisotopic (exact) mass is 327 g/mol. The van der Waals surface area contributed by atoms with E-state index in [1.54, 1.807) is 12.1 Å². The van der Waals surface area contributed by atoms with Crippen LogP contribution in [0.5, 0.6) is 0 Å². The molecule has 1 heterocycles. The van der Waals surface area contributed by atoms with Crippen LogP contribution in [0.1, 0.15) is 31.7 Å². The lowest BCUT2D eigenvalue weighted by molar-refractivity contribution is -0.127. The molecule has 1 saturated heterocycles. The third-order valence-corrected chi connectivity index (χ3v) is 4.52. The Balaban J connectivity index is 2.12. The second-order valence-corrected chi connectivity index (χ2v) is 6.16. The van der Waals surface area contributed by atoms with Gasteiger partial charge in [-0.2, -0.15) is 0 Å². The molecule has 1 fully saturated rings. The van der Waals surface area contributed by atoms with Crippen LogP contribution in [0.25, 0.3) is 0 Å². The molecule has 1 aliphatic heterocycles.